The summed E-state index contributed by atoms with van der Waals surface area (Å²) < 4.78 is 17.2. The van der Waals surface area contributed by atoms with E-state index in [1.807, 2.05) is 13.8 Å². The Labute approximate surface area is 152 Å². The van der Waals surface area contributed by atoms with Gasteiger partial charge in [0.1, 0.15) is 0 Å². The molecule has 0 aliphatic rings. The van der Waals surface area contributed by atoms with E-state index in [-0.39, 0.29) is 0 Å². The van der Waals surface area contributed by atoms with Gasteiger partial charge >= 0.3 is 23.2 Å². The van der Waals surface area contributed by atoms with Crippen molar-refractivity contribution in [3.63, 3.8) is 0 Å². The maximum atomic E-state index is 10.4. The standard InChI is InChI=1S/2C4H9O2PS2.Mo.O/c2*1-2-3-4-6-7(5,8)9;;/h2*3-4H,2H2,1H3,(H2,5,8,9);;/q;;+4;/p-4. The van der Waals surface area contributed by atoms with Crippen LogP contribution in [0.25, 0.3) is 0 Å². The van der Waals surface area contributed by atoms with Gasteiger partial charge in [-0.25, -0.2) is 0 Å². The molecule has 0 radical (unpaired) electrons. The zero-order chi connectivity index (χ0) is 16.7. The number of hydrogen-bond acceptors (Lipinski definition) is 9. The van der Waals surface area contributed by atoms with Crippen LogP contribution in [-0.4, -0.2) is 0 Å². The molecule has 0 amide bonds. The first-order valence-corrected chi connectivity index (χ1v) is 13.1. The summed E-state index contributed by atoms with van der Waals surface area (Å²) in [5.74, 6) is 0. The molecule has 12 heteroatoms. The van der Waals surface area contributed by atoms with Crippen molar-refractivity contribution in [3.8, 4) is 0 Å². The molecule has 2 atom stereocenters. The summed E-state index contributed by atoms with van der Waals surface area (Å²) in [6.07, 6.45) is 7.63. The van der Waals surface area contributed by atoms with E-state index in [0.717, 1.165) is 12.8 Å². The Morgan fingerprint density at radius 1 is 1.00 bits per heavy atom. The van der Waals surface area contributed by atoms with Crippen molar-refractivity contribution in [2.75, 3.05) is 0 Å². The normalized spacial score (nSPS) is 16.2. The Morgan fingerprint density at radius 2 is 1.25 bits per heavy atom. The summed E-state index contributed by atoms with van der Waals surface area (Å²) >= 11 is 17.9. The third-order valence-electron chi connectivity index (χ3n) is 1.04. The van der Waals surface area contributed by atoms with Crippen molar-refractivity contribution < 1.29 is 42.0 Å². The molecule has 116 valence electrons. The average Bonchev–Trinajstić information content (AvgIpc) is 2.30. The fourth-order valence-electron chi connectivity index (χ4n) is 0.428. The third kappa shape index (κ3) is 36.6. The second-order valence-electron chi connectivity index (χ2n) is 2.67. The van der Waals surface area contributed by atoms with Crippen molar-refractivity contribution in [1.82, 2.24) is 0 Å². The molecule has 2 unspecified atom stereocenters. The van der Waals surface area contributed by atoms with Crippen molar-refractivity contribution in [2.24, 2.45) is 0 Å². The van der Waals surface area contributed by atoms with Gasteiger partial charge in [0, 0.05) is 0 Å². The minimum absolute atomic E-state index is 0.700. The van der Waals surface area contributed by atoms with Crippen molar-refractivity contribution in [1.29, 1.82) is 0 Å². The van der Waals surface area contributed by atoms with Crippen molar-refractivity contribution in [3.05, 3.63) is 24.7 Å². The Kier molecular flexibility index (Phi) is 22.2. The molecule has 0 saturated heterocycles. The molecule has 0 aliphatic heterocycles. The van der Waals surface area contributed by atoms with Gasteiger partial charge in [-0.3, -0.25) is 0 Å². The van der Waals surface area contributed by atoms with E-state index in [4.69, 9.17) is 3.40 Å². The monoisotopic (exact) mass is 478 g/mol. The van der Waals surface area contributed by atoms with Gasteiger partial charge in [0.25, 0.3) is 0 Å². The zero-order valence-corrected chi connectivity index (χ0v) is 17.8. The van der Waals surface area contributed by atoms with Gasteiger partial charge in [-0.1, -0.05) is 48.8 Å². The molecule has 0 spiro atoms. The molecule has 0 N–H and O–H groups in total. The first-order chi connectivity index (χ1) is 9.12. The van der Waals surface area contributed by atoms with E-state index in [1.165, 1.54) is 12.5 Å². The molecule has 0 saturated carbocycles. The van der Waals surface area contributed by atoms with Gasteiger partial charge < -0.3 is 43.3 Å². The second kappa shape index (κ2) is 16.9. The first kappa shape index (κ1) is 26.4. The summed E-state index contributed by atoms with van der Waals surface area (Å²) in [5.41, 5.74) is -6.23. The molecule has 0 fully saturated rings. The quantitative estimate of drug-likeness (QED) is 0.248. The van der Waals surface area contributed by atoms with E-state index < -0.39 is 11.4 Å². The van der Waals surface area contributed by atoms with Crippen molar-refractivity contribution in [2.45, 2.75) is 26.7 Å². The first-order valence-electron chi connectivity index (χ1n) is 5.00. The summed E-state index contributed by atoms with van der Waals surface area (Å²) in [7, 11) is 0. The summed E-state index contributed by atoms with van der Waals surface area (Å²) in [6.45, 7) is 3.86. The summed E-state index contributed by atoms with van der Waals surface area (Å²) in [4.78, 5) is 20.9. The van der Waals surface area contributed by atoms with E-state index in [0.29, 0.717) is 19.8 Å². The van der Waals surface area contributed by atoms with Crippen molar-refractivity contribution >= 4 is 59.5 Å². The van der Waals surface area contributed by atoms with Crippen LogP contribution in [0.4, 0.5) is 0 Å². The number of rotatable bonds is 6. The van der Waals surface area contributed by atoms with Gasteiger partial charge in [-0.05, 0) is 25.0 Å². The Balaban J connectivity index is -0.000000257. The number of allylic oxidation sites excluding steroid dienone is 2. The Bertz CT molecular complexity index is 334. The zero-order valence-electron chi connectivity index (χ0n) is 10.7. The van der Waals surface area contributed by atoms with E-state index in [1.54, 1.807) is 12.2 Å². The van der Waals surface area contributed by atoms with Crippen LogP contribution in [-0.2, 0) is 80.3 Å². The third-order valence-corrected chi connectivity index (χ3v) is 2.84. The summed E-state index contributed by atoms with van der Waals surface area (Å²) in [5, 5.41) is 0. The molecule has 20 heavy (non-hydrogen) atoms. The van der Waals surface area contributed by atoms with Crippen LogP contribution in [0.2, 0.25) is 0 Å². The minimum atomic E-state index is -3.12. The Hall–Kier alpha value is 1.49. The van der Waals surface area contributed by atoms with Crippen LogP contribution in [0.3, 0.4) is 0 Å². The molecular weight excluding hydrogens is 462 g/mol. The van der Waals surface area contributed by atoms with Gasteiger partial charge in [-0.2, -0.15) is 0 Å². The maximum absolute atomic E-state index is 10.4. The second-order valence-corrected chi connectivity index (χ2v) is 12.0. The van der Waals surface area contributed by atoms with Gasteiger partial charge in [0.05, 0.1) is 12.5 Å². The summed E-state index contributed by atoms with van der Waals surface area (Å²) in [6, 6.07) is 0. The van der Waals surface area contributed by atoms with E-state index >= 15 is 0 Å². The molecule has 0 aliphatic carbocycles. The van der Waals surface area contributed by atoms with Crippen LogP contribution in [0.1, 0.15) is 26.7 Å². The molecular formula is C8H14MoO5P2S4. The van der Waals surface area contributed by atoms with Crippen LogP contribution in [0.5, 0.6) is 0 Å². The fraction of sp³-hybridized carbons (Fsp3) is 0.500. The SMILES string of the molecule is CCC=COP([O-])(=S)[S-].CCC=COP([O-])(=S)[S-].[O]=[Mo+4]. The molecule has 0 aromatic rings. The molecule has 0 bridgehead atoms. The predicted molar refractivity (Wildman–Crippen MR) is 85.0 cm³/mol. The van der Waals surface area contributed by atoms with Gasteiger partial charge in [0.15, 0.2) is 0 Å². The van der Waals surface area contributed by atoms with Crippen LogP contribution in [0, 0.1) is 0 Å². The number of hydrogen-bond donors (Lipinski definition) is 0. The van der Waals surface area contributed by atoms with E-state index in [9.17, 15) is 9.79 Å². The van der Waals surface area contributed by atoms with E-state index in [2.05, 4.69) is 57.2 Å². The van der Waals surface area contributed by atoms with Crippen LogP contribution in [0.15, 0.2) is 24.7 Å². The fourth-order valence-corrected chi connectivity index (χ4v) is 1.49. The predicted octanol–water partition coefficient (Wildman–Crippen LogP) is 2.00. The Morgan fingerprint density at radius 3 is 1.40 bits per heavy atom. The molecule has 0 rings (SSSR count). The average molecular weight is 476 g/mol. The molecule has 0 aromatic carbocycles. The molecule has 0 heterocycles. The molecule has 0 aromatic heterocycles. The van der Waals surface area contributed by atoms with Crippen LogP contribution >= 0.6 is 11.4 Å². The van der Waals surface area contributed by atoms with Gasteiger partial charge in [0.2, 0.25) is 0 Å². The molecule has 5 nitrogen and oxygen atoms in total. The topological polar surface area (TPSA) is 81.7 Å². The van der Waals surface area contributed by atoms with Gasteiger partial charge in [-0.15, -0.1) is 0 Å². The van der Waals surface area contributed by atoms with Crippen LogP contribution < -0.4 is 9.79 Å².